The maximum absolute atomic E-state index is 12.0. The van der Waals surface area contributed by atoms with Gasteiger partial charge in [-0.25, -0.2) is 4.79 Å². The van der Waals surface area contributed by atoms with E-state index in [0.29, 0.717) is 5.57 Å². The molecule has 2 N–H and O–H groups in total. The summed E-state index contributed by atoms with van der Waals surface area (Å²) >= 11 is 0. The molecule has 0 saturated heterocycles. The van der Waals surface area contributed by atoms with E-state index < -0.39 is 28.7 Å². The molecule has 0 saturated carbocycles. The molecule has 2 unspecified atom stereocenters. The van der Waals surface area contributed by atoms with Gasteiger partial charge in [-0.2, -0.15) is 0 Å². The third-order valence-corrected chi connectivity index (χ3v) is 4.55. The molecule has 1 rings (SSSR count). The van der Waals surface area contributed by atoms with Gasteiger partial charge in [0.2, 0.25) is 0 Å². The van der Waals surface area contributed by atoms with Crippen LogP contribution in [0, 0.1) is 22.2 Å². The van der Waals surface area contributed by atoms with E-state index in [2.05, 4.69) is 0 Å². The molecule has 1 aliphatic carbocycles. The van der Waals surface area contributed by atoms with Crippen LogP contribution in [0.1, 0.15) is 48.5 Å². The number of hydrogen-bond donors (Lipinski definition) is 2. The lowest BCUT2D eigenvalue weighted by Gasteiger charge is -2.47. The van der Waals surface area contributed by atoms with Crippen molar-refractivity contribution >= 4 is 11.9 Å². The SMILES string of the molecule is CC1C(C(=O)O)=C(C(C)(C)C)C=CC1(C(=O)O)C(C)(C)C. The molecule has 0 aromatic rings. The van der Waals surface area contributed by atoms with Crippen LogP contribution in [0.15, 0.2) is 23.3 Å². The smallest absolute Gasteiger partial charge is 0.332 e. The monoisotopic (exact) mass is 294 g/mol. The lowest BCUT2D eigenvalue weighted by atomic mass is 9.55. The number of hydrogen-bond acceptors (Lipinski definition) is 2. The summed E-state index contributed by atoms with van der Waals surface area (Å²) in [6, 6.07) is 0. The third kappa shape index (κ3) is 2.63. The topological polar surface area (TPSA) is 74.6 Å². The average Bonchev–Trinajstić information content (AvgIpc) is 2.24. The fraction of sp³-hybridized carbons (Fsp3) is 0.647. The Morgan fingerprint density at radius 1 is 1.10 bits per heavy atom. The van der Waals surface area contributed by atoms with Crippen LogP contribution < -0.4 is 0 Å². The third-order valence-electron chi connectivity index (χ3n) is 4.55. The van der Waals surface area contributed by atoms with E-state index in [1.54, 1.807) is 19.1 Å². The van der Waals surface area contributed by atoms with Crippen LogP contribution in [-0.2, 0) is 9.59 Å². The fourth-order valence-corrected chi connectivity index (χ4v) is 3.34. The van der Waals surface area contributed by atoms with Crippen LogP contribution in [0.4, 0.5) is 0 Å². The first kappa shape index (κ1) is 17.5. The first-order valence-corrected chi connectivity index (χ1v) is 7.17. The van der Waals surface area contributed by atoms with E-state index in [4.69, 9.17) is 0 Å². The van der Waals surface area contributed by atoms with E-state index in [0.717, 1.165) is 0 Å². The normalized spacial score (nSPS) is 26.9. The summed E-state index contributed by atoms with van der Waals surface area (Å²) in [5.41, 5.74) is -1.26. The van der Waals surface area contributed by atoms with Crippen LogP contribution in [0.3, 0.4) is 0 Å². The summed E-state index contributed by atoms with van der Waals surface area (Å²) in [7, 11) is 0. The van der Waals surface area contributed by atoms with Crippen LogP contribution in [-0.4, -0.2) is 22.2 Å². The zero-order valence-electron chi connectivity index (χ0n) is 13.9. The first-order valence-electron chi connectivity index (χ1n) is 7.17. The summed E-state index contributed by atoms with van der Waals surface area (Å²) in [5, 5.41) is 19.5. The van der Waals surface area contributed by atoms with Gasteiger partial charge < -0.3 is 10.2 Å². The second-order valence-corrected chi connectivity index (χ2v) is 7.86. The largest absolute Gasteiger partial charge is 0.481 e. The predicted octanol–water partition coefficient (Wildman–Crippen LogP) is 3.74. The summed E-state index contributed by atoms with van der Waals surface area (Å²) in [6.45, 7) is 13.0. The Balaban J connectivity index is 3.67. The van der Waals surface area contributed by atoms with Crippen molar-refractivity contribution in [3.05, 3.63) is 23.3 Å². The van der Waals surface area contributed by atoms with Crippen molar-refractivity contribution in [1.82, 2.24) is 0 Å². The molecule has 0 bridgehead atoms. The van der Waals surface area contributed by atoms with Gasteiger partial charge in [-0.1, -0.05) is 60.6 Å². The molecule has 4 nitrogen and oxygen atoms in total. The fourth-order valence-electron chi connectivity index (χ4n) is 3.34. The molecule has 118 valence electrons. The van der Waals surface area contributed by atoms with Crippen molar-refractivity contribution in [2.75, 3.05) is 0 Å². The highest BCUT2D eigenvalue weighted by atomic mass is 16.4. The Morgan fingerprint density at radius 3 is 1.86 bits per heavy atom. The van der Waals surface area contributed by atoms with Gasteiger partial charge in [0.25, 0.3) is 0 Å². The second kappa shape index (κ2) is 5.00. The Labute approximate surface area is 126 Å². The zero-order chi connectivity index (χ0) is 16.8. The van der Waals surface area contributed by atoms with Crippen molar-refractivity contribution < 1.29 is 19.8 Å². The molecule has 0 aromatic heterocycles. The lowest BCUT2D eigenvalue weighted by Crippen LogP contribution is -2.49. The van der Waals surface area contributed by atoms with E-state index in [9.17, 15) is 19.8 Å². The minimum Gasteiger partial charge on any atom is -0.481 e. The van der Waals surface area contributed by atoms with Crippen LogP contribution >= 0.6 is 0 Å². The second-order valence-electron chi connectivity index (χ2n) is 7.86. The van der Waals surface area contributed by atoms with E-state index in [1.165, 1.54) is 0 Å². The average molecular weight is 294 g/mol. The van der Waals surface area contributed by atoms with Gasteiger partial charge in [-0.05, 0) is 16.4 Å². The number of carboxylic acid groups (broad SMARTS) is 2. The minimum atomic E-state index is -1.23. The molecule has 1 aliphatic rings. The lowest BCUT2D eigenvalue weighted by molar-refractivity contribution is -0.155. The van der Waals surface area contributed by atoms with E-state index in [1.807, 2.05) is 41.5 Å². The highest BCUT2D eigenvalue weighted by molar-refractivity contribution is 5.93. The van der Waals surface area contributed by atoms with Crippen LogP contribution in [0.25, 0.3) is 0 Å². The molecule has 0 radical (unpaired) electrons. The van der Waals surface area contributed by atoms with Gasteiger partial charge in [-0.15, -0.1) is 0 Å². The Kier molecular flexibility index (Phi) is 4.16. The summed E-state index contributed by atoms with van der Waals surface area (Å²) in [5.74, 6) is -2.62. The molecule has 2 atom stereocenters. The number of allylic oxidation sites excluding steroid dienone is 2. The Morgan fingerprint density at radius 2 is 1.57 bits per heavy atom. The van der Waals surface area contributed by atoms with Crippen molar-refractivity contribution in [2.24, 2.45) is 22.2 Å². The molecule has 4 heteroatoms. The van der Waals surface area contributed by atoms with Crippen molar-refractivity contribution in [1.29, 1.82) is 0 Å². The van der Waals surface area contributed by atoms with Gasteiger partial charge in [0.1, 0.15) is 0 Å². The van der Waals surface area contributed by atoms with Gasteiger partial charge in [0.05, 0.1) is 5.41 Å². The van der Waals surface area contributed by atoms with Crippen molar-refractivity contribution in [3.63, 3.8) is 0 Å². The molecule has 0 amide bonds. The molecule has 0 spiro atoms. The van der Waals surface area contributed by atoms with Gasteiger partial charge in [0, 0.05) is 11.5 Å². The summed E-state index contributed by atoms with van der Waals surface area (Å²) in [6.07, 6.45) is 3.38. The molecule has 0 aromatic carbocycles. The predicted molar refractivity (Wildman–Crippen MR) is 81.9 cm³/mol. The molecular weight excluding hydrogens is 268 g/mol. The van der Waals surface area contributed by atoms with Crippen LogP contribution in [0.2, 0.25) is 0 Å². The highest BCUT2D eigenvalue weighted by Crippen LogP contribution is 2.53. The summed E-state index contributed by atoms with van der Waals surface area (Å²) < 4.78 is 0. The standard InChI is InChI=1S/C17H26O4/c1-10-12(13(18)19)11(15(2,3)4)8-9-17(10,14(20)21)16(5,6)7/h8-10H,1-7H3,(H,18,19)(H,20,21). The first-order chi connectivity index (χ1) is 9.26. The summed E-state index contributed by atoms with van der Waals surface area (Å²) in [4.78, 5) is 23.8. The number of rotatable bonds is 2. The number of carboxylic acids is 2. The minimum absolute atomic E-state index is 0.210. The van der Waals surface area contributed by atoms with Gasteiger partial charge >= 0.3 is 11.9 Å². The number of carbonyl (C=O) groups is 2. The molecular formula is C17H26O4. The van der Waals surface area contributed by atoms with E-state index >= 15 is 0 Å². The maximum Gasteiger partial charge on any atom is 0.332 e. The quantitative estimate of drug-likeness (QED) is 0.813. The molecule has 0 heterocycles. The van der Waals surface area contributed by atoms with Gasteiger partial charge in [0.15, 0.2) is 0 Å². The highest BCUT2D eigenvalue weighted by Gasteiger charge is 2.55. The maximum atomic E-state index is 12.0. The molecule has 0 aliphatic heterocycles. The number of aliphatic carboxylic acids is 2. The Hall–Kier alpha value is -1.58. The zero-order valence-corrected chi connectivity index (χ0v) is 13.9. The van der Waals surface area contributed by atoms with Crippen molar-refractivity contribution in [2.45, 2.75) is 48.5 Å². The van der Waals surface area contributed by atoms with Crippen molar-refractivity contribution in [3.8, 4) is 0 Å². The molecule has 0 fully saturated rings. The van der Waals surface area contributed by atoms with Gasteiger partial charge in [-0.3, -0.25) is 4.79 Å². The van der Waals surface area contributed by atoms with Crippen LogP contribution in [0.5, 0.6) is 0 Å². The Bertz CT molecular complexity index is 526. The molecule has 21 heavy (non-hydrogen) atoms. The van der Waals surface area contributed by atoms with E-state index in [-0.39, 0.29) is 11.0 Å².